The predicted octanol–water partition coefficient (Wildman–Crippen LogP) is 2.66. The Morgan fingerprint density at radius 3 is 2.67 bits per heavy atom. The van der Waals surface area contributed by atoms with Gasteiger partial charge in [-0.2, -0.15) is 0 Å². The molecule has 0 radical (unpaired) electrons. The van der Waals surface area contributed by atoms with Crippen LogP contribution in [0.2, 0.25) is 0 Å². The zero-order valence-corrected chi connectivity index (χ0v) is 14.9. The van der Waals surface area contributed by atoms with Crippen molar-refractivity contribution in [1.29, 1.82) is 0 Å². The lowest BCUT2D eigenvalue weighted by Gasteiger charge is -2.30. The van der Waals surface area contributed by atoms with Crippen LogP contribution in [0.3, 0.4) is 0 Å². The summed E-state index contributed by atoms with van der Waals surface area (Å²) in [7, 11) is 1.70. The van der Waals surface area contributed by atoms with Crippen LogP contribution in [0.5, 0.6) is 0 Å². The number of nitrogens with zero attached hydrogens (tertiary/aromatic N) is 4. The van der Waals surface area contributed by atoms with Crippen molar-refractivity contribution < 1.29 is 9.59 Å². The van der Waals surface area contributed by atoms with Crippen molar-refractivity contribution in [3.63, 3.8) is 0 Å². The van der Waals surface area contributed by atoms with Gasteiger partial charge in [-0.1, -0.05) is 29.5 Å². The number of amides is 2. The molecule has 0 atom stereocenters. The fraction of sp³-hybridized carbons (Fsp3) is 0.200. The Balaban J connectivity index is 1.61. The fourth-order valence-corrected chi connectivity index (χ4v) is 3.25. The van der Waals surface area contributed by atoms with E-state index < -0.39 is 0 Å². The molecular formula is C20H19N5O2. The van der Waals surface area contributed by atoms with Gasteiger partial charge in [-0.25, -0.2) is 0 Å². The molecule has 0 spiro atoms. The van der Waals surface area contributed by atoms with Crippen LogP contribution in [0.4, 0.5) is 11.4 Å². The van der Waals surface area contributed by atoms with Crippen molar-refractivity contribution in [2.45, 2.75) is 12.8 Å². The SMILES string of the molecule is Cn1cc(C(=O)Nc2ccc3c(c2)N(C(=O)c2ccccc2)CCC3)nn1. The zero-order valence-electron chi connectivity index (χ0n) is 14.9. The zero-order chi connectivity index (χ0) is 18.8. The minimum atomic E-state index is -0.334. The van der Waals surface area contributed by atoms with Crippen LogP contribution in [0.1, 0.15) is 32.8 Å². The Morgan fingerprint density at radius 2 is 1.93 bits per heavy atom. The predicted molar refractivity (Wildman–Crippen MR) is 102 cm³/mol. The van der Waals surface area contributed by atoms with Gasteiger partial charge in [-0.15, -0.1) is 5.10 Å². The van der Waals surface area contributed by atoms with Crippen molar-refractivity contribution in [1.82, 2.24) is 15.0 Å². The molecule has 4 rings (SSSR count). The first-order chi connectivity index (χ1) is 13.1. The molecule has 0 fully saturated rings. The highest BCUT2D eigenvalue weighted by molar-refractivity contribution is 6.07. The average Bonchev–Trinajstić information content (AvgIpc) is 3.14. The number of nitrogens with one attached hydrogen (secondary N) is 1. The molecule has 0 aliphatic carbocycles. The molecule has 0 bridgehead atoms. The van der Waals surface area contributed by atoms with E-state index in [1.54, 1.807) is 18.1 Å². The van der Waals surface area contributed by atoms with E-state index in [2.05, 4.69) is 15.6 Å². The molecule has 3 aromatic rings. The van der Waals surface area contributed by atoms with Gasteiger partial charge in [0.2, 0.25) is 0 Å². The standard InChI is InChI=1S/C20H19N5O2/c1-24-13-17(22-23-24)19(26)21-16-10-9-14-8-5-11-25(18(14)12-16)20(27)15-6-3-2-4-7-15/h2-4,6-7,9-10,12-13H,5,8,11H2,1H3,(H,21,26). The largest absolute Gasteiger partial charge is 0.320 e. The Bertz CT molecular complexity index is 997. The smallest absolute Gasteiger partial charge is 0.277 e. The van der Waals surface area contributed by atoms with Gasteiger partial charge in [0, 0.05) is 30.5 Å². The number of benzene rings is 2. The van der Waals surface area contributed by atoms with Crippen LogP contribution in [0.25, 0.3) is 0 Å². The van der Waals surface area contributed by atoms with Gasteiger partial charge in [0.05, 0.1) is 6.20 Å². The first-order valence-electron chi connectivity index (χ1n) is 8.79. The molecule has 0 saturated heterocycles. The van der Waals surface area contributed by atoms with Crippen molar-refractivity contribution >= 4 is 23.2 Å². The average molecular weight is 361 g/mol. The van der Waals surface area contributed by atoms with Gasteiger partial charge in [0.1, 0.15) is 0 Å². The molecule has 0 saturated carbocycles. The van der Waals surface area contributed by atoms with E-state index in [1.807, 2.05) is 48.5 Å². The molecule has 2 aromatic carbocycles. The quantitative estimate of drug-likeness (QED) is 0.778. The van der Waals surface area contributed by atoms with Crippen molar-refractivity contribution in [2.24, 2.45) is 7.05 Å². The van der Waals surface area contributed by atoms with Crippen LogP contribution in [0.15, 0.2) is 54.7 Å². The summed E-state index contributed by atoms with van der Waals surface area (Å²) in [6, 6.07) is 14.9. The van der Waals surface area contributed by atoms with Gasteiger partial charge in [-0.05, 0) is 42.7 Å². The van der Waals surface area contributed by atoms with Gasteiger partial charge in [0.25, 0.3) is 11.8 Å². The van der Waals surface area contributed by atoms with Gasteiger partial charge in [-0.3, -0.25) is 14.3 Å². The summed E-state index contributed by atoms with van der Waals surface area (Å²) in [4.78, 5) is 27.0. The summed E-state index contributed by atoms with van der Waals surface area (Å²) in [5, 5.41) is 10.4. The number of carbonyl (C=O) groups is 2. The van der Waals surface area contributed by atoms with E-state index in [-0.39, 0.29) is 17.5 Å². The Hall–Kier alpha value is -3.48. The number of anilines is 2. The maximum Gasteiger partial charge on any atom is 0.277 e. The minimum Gasteiger partial charge on any atom is -0.320 e. The van der Waals surface area contributed by atoms with Crippen LogP contribution in [-0.2, 0) is 13.5 Å². The van der Waals surface area contributed by atoms with Crippen molar-refractivity contribution in [3.05, 3.63) is 71.5 Å². The second-order valence-electron chi connectivity index (χ2n) is 6.50. The van der Waals surface area contributed by atoms with Crippen LogP contribution >= 0.6 is 0 Å². The lowest BCUT2D eigenvalue weighted by molar-refractivity contribution is 0.0984. The highest BCUT2D eigenvalue weighted by Gasteiger charge is 2.24. The molecule has 0 unspecified atom stereocenters. The highest BCUT2D eigenvalue weighted by Crippen LogP contribution is 2.31. The number of aryl methyl sites for hydroxylation is 2. The van der Waals surface area contributed by atoms with Crippen LogP contribution < -0.4 is 10.2 Å². The molecule has 1 N–H and O–H groups in total. The molecule has 27 heavy (non-hydrogen) atoms. The van der Waals surface area contributed by atoms with E-state index in [0.29, 0.717) is 17.8 Å². The van der Waals surface area contributed by atoms with E-state index in [4.69, 9.17) is 0 Å². The highest BCUT2D eigenvalue weighted by atomic mass is 16.2. The van der Waals surface area contributed by atoms with Gasteiger partial charge in [0.15, 0.2) is 5.69 Å². The molecule has 136 valence electrons. The van der Waals surface area contributed by atoms with E-state index in [1.165, 1.54) is 4.68 Å². The first kappa shape index (κ1) is 17.0. The first-order valence-corrected chi connectivity index (χ1v) is 8.79. The molecular weight excluding hydrogens is 342 g/mol. The third-order valence-corrected chi connectivity index (χ3v) is 4.56. The molecule has 2 amide bonds. The maximum absolute atomic E-state index is 12.9. The lowest BCUT2D eigenvalue weighted by Crippen LogP contribution is -2.35. The summed E-state index contributed by atoms with van der Waals surface area (Å²) in [5.74, 6) is -0.367. The molecule has 7 nitrogen and oxygen atoms in total. The summed E-state index contributed by atoms with van der Waals surface area (Å²) in [6.07, 6.45) is 3.38. The molecule has 1 aliphatic heterocycles. The molecule has 1 aliphatic rings. The minimum absolute atomic E-state index is 0.0334. The summed E-state index contributed by atoms with van der Waals surface area (Å²) < 4.78 is 1.47. The maximum atomic E-state index is 12.9. The summed E-state index contributed by atoms with van der Waals surface area (Å²) in [5.41, 5.74) is 3.46. The van der Waals surface area contributed by atoms with Crippen LogP contribution in [0, 0.1) is 0 Å². The lowest BCUT2D eigenvalue weighted by atomic mass is 10.00. The van der Waals surface area contributed by atoms with E-state index in [9.17, 15) is 9.59 Å². The summed E-state index contributed by atoms with van der Waals surface area (Å²) in [6.45, 7) is 0.655. The number of hydrogen-bond donors (Lipinski definition) is 1. The van der Waals surface area contributed by atoms with Crippen molar-refractivity contribution in [2.75, 3.05) is 16.8 Å². The molecule has 1 aromatic heterocycles. The number of fused-ring (bicyclic) bond motifs is 1. The number of hydrogen-bond acceptors (Lipinski definition) is 4. The van der Waals surface area contributed by atoms with Gasteiger partial charge < -0.3 is 10.2 Å². The molecule has 2 heterocycles. The Morgan fingerprint density at radius 1 is 1.11 bits per heavy atom. The van der Waals surface area contributed by atoms with Crippen LogP contribution in [-0.4, -0.2) is 33.4 Å². The molecule has 7 heteroatoms. The second kappa shape index (κ2) is 7.03. The third-order valence-electron chi connectivity index (χ3n) is 4.56. The second-order valence-corrected chi connectivity index (χ2v) is 6.50. The van der Waals surface area contributed by atoms with Gasteiger partial charge >= 0.3 is 0 Å². The topological polar surface area (TPSA) is 80.1 Å². The summed E-state index contributed by atoms with van der Waals surface area (Å²) >= 11 is 0. The number of rotatable bonds is 3. The number of aromatic nitrogens is 3. The van der Waals surface area contributed by atoms with Crippen molar-refractivity contribution in [3.8, 4) is 0 Å². The van der Waals surface area contributed by atoms with E-state index in [0.717, 1.165) is 24.1 Å². The van der Waals surface area contributed by atoms with E-state index >= 15 is 0 Å². The Kier molecular flexibility index (Phi) is 4.42. The third kappa shape index (κ3) is 3.44. The fourth-order valence-electron chi connectivity index (χ4n) is 3.25. The monoisotopic (exact) mass is 361 g/mol. The normalized spacial score (nSPS) is 13.1. The number of carbonyl (C=O) groups excluding carboxylic acids is 2. The Labute approximate surface area is 156 Å².